The number of benzene rings is 1. The van der Waals surface area contributed by atoms with Crippen molar-refractivity contribution in [3.05, 3.63) is 45.1 Å². The molecule has 0 saturated carbocycles. The van der Waals surface area contributed by atoms with E-state index in [9.17, 15) is 27.6 Å². The third kappa shape index (κ3) is 4.74. The highest BCUT2D eigenvalue weighted by molar-refractivity contribution is 7.89. The van der Waals surface area contributed by atoms with Crippen LogP contribution in [0.15, 0.2) is 38.8 Å². The number of hydrogen-bond acceptors (Lipinski definition) is 10. The molecule has 35 heavy (non-hydrogen) atoms. The maximum Gasteiger partial charge on any atom is 0.332 e. The molecule has 13 nitrogen and oxygen atoms in total. The van der Waals surface area contributed by atoms with Crippen LogP contribution in [0, 0.1) is 0 Å². The fraction of sp³-hybridized carbons (Fsp3) is 0.400. The maximum absolute atomic E-state index is 13.4. The van der Waals surface area contributed by atoms with Crippen LogP contribution in [-0.4, -0.2) is 61.7 Å². The fourth-order valence-electron chi connectivity index (χ4n) is 3.81. The number of hydrogen-bond donors (Lipinski definition) is 1. The first-order chi connectivity index (χ1) is 16.6. The molecule has 0 aliphatic carbocycles. The molecule has 1 atom stereocenters. The summed E-state index contributed by atoms with van der Waals surface area (Å²) >= 11 is 0.891. The number of piperidine rings is 1. The van der Waals surface area contributed by atoms with E-state index >= 15 is 0 Å². The van der Waals surface area contributed by atoms with Crippen molar-refractivity contribution in [1.29, 1.82) is 0 Å². The molecule has 1 N–H and O–H groups in total. The summed E-state index contributed by atoms with van der Waals surface area (Å²) in [6.45, 7) is -0.615. The van der Waals surface area contributed by atoms with Gasteiger partial charge in [0, 0.05) is 26.7 Å². The molecule has 1 unspecified atom stereocenters. The largest absolute Gasteiger partial charge is 0.454 e. The first-order valence-corrected chi connectivity index (χ1v) is 12.7. The van der Waals surface area contributed by atoms with E-state index in [0.29, 0.717) is 18.4 Å². The number of sulfonamides is 1. The monoisotopic (exact) mass is 522 g/mol. The third-order valence-corrected chi connectivity index (χ3v) is 8.18. The lowest BCUT2D eigenvalue weighted by molar-refractivity contribution is -0.152. The maximum atomic E-state index is 13.4. The lowest BCUT2D eigenvalue weighted by atomic mass is 10.1. The molecule has 1 fully saturated rings. The van der Waals surface area contributed by atoms with Gasteiger partial charge in [-0.3, -0.25) is 23.5 Å². The van der Waals surface area contributed by atoms with Crippen molar-refractivity contribution in [3.63, 3.8) is 0 Å². The molecule has 3 heterocycles. The van der Waals surface area contributed by atoms with Crippen LogP contribution in [0.25, 0.3) is 11.0 Å². The minimum absolute atomic E-state index is 0.0484. The van der Waals surface area contributed by atoms with E-state index in [1.54, 1.807) is 12.1 Å². The molecule has 3 aromatic rings. The Morgan fingerprint density at radius 3 is 2.71 bits per heavy atom. The van der Waals surface area contributed by atoms with E-state index in [1.165, 1.54) is 20.2 Å². The van der Waals surface area contributed by atoms with Gasteiger partial charge in [0.25, 0.3) is 11.5 Å². The Labute approximate surface area is 203 Å². The van der Waals surface area contributed by atoms with Crippen LogP contribution >= 0.6 is 11.7 Å². The van der Waals surface area contributed by atoms with Gasteiger partial charge >= 0.3 is 11.7 Å². The minimum Gasteiger partial charge on any atom is -0.454 e. The number of carbonyl (C=O) groups excluding carboxylic acids is 2. The predicted octanol–water partition coefficient (Wildman–Crippen LogP) is -0.186. The number of esters is 1. The van der Waals surface area contributed by atoms with Gasteiger partial charge in [0.1, 0.15) is 27.8 Å². The number of nitrogens with one attached hydrogen (secondary N) is 1. The first-order valence-electron chi connectivity index (χ1n) is 10.6. The zero-order valence-electron chi connectivity index (χ0n) is 18.8. The molecule has 4 rings (SSSR count). The Bertz CT molecular complexity index is 1520. The average molecular weight is 523 g/mol. The molecule has 15 heteroatoms. The van der Waals surface area contributed by atoms with Crippen molar-refractivity contribution >= 4 is 50.5 Å². The van der Waals surface area contributed by atoms with Crippen LogP contribution in [-0.2, 0) is 38.4 Å². The number of ether oxygens (including phenoxy) is 1. The van der Waals surface area contributed by atoms with Gasteiger partial charge in [-0.05, 0) is 31.4 Å². The van der Waals surface area contributed by atoms with Crippen molar-refractivity contribution in [2.75, 3.05) is 18.5 Å². The molecule has 186 valence electrons. The summed E-state index contributed by atoms with van der Waals surface area (Å²) in [5.41, 5.74) is -0.588. The van der Waals surface area contributed by atoms with Gasteiger partial charge in [0.2, 0.25) is 10.0 Å². The summed E-state index contributed by atoms with van der Waals surface area (Å²) in [4.78, 5) is 48.9. The Morgan fingerprint density at radius 1 is 1.17 bits per heavy atom. The quantitative estimate of drug-likeness (QED) is 0.433. The van der Waals surface area contributed by atoms with Gasteiger partial charge in [0.05, 0.1) is 11.7 Å². The lowest BCUT2D eigenvalue weighted by Crippen LogP contribution is -2.49. The molecule has 0 spiro atoms. The van der Waals surface area contributed by atoms with E-state index in [1.807, 2.05) is 0 Å². The summed E-state index contributed by atoms with van der Waals surface area (Å²) in [6.07, 6.45) is 1.40. The van der Waals surface area contributed by atoms with Crippen LogP contribution in [0.4, 0.5) is 5.82 Å². The molecule has 1 aliphatic rings. The third-order valence-electron chi connectivity index (χ3n) is 5.70. The number of amides is 1. The summed E-state index contributed by atoms with van der Waals surface area (Å²) in [5, 5.41) is 2.35. The molecule has 0 radical (unpaired) electrons. The van der Waals surface area contributed by atoms with E-state index in [2.05, 4.69) is 14.1 Å². The smallest absolute Gasteiger partial charge is 0.332 e. The van der Waals surface area contributed by atoms with Gasteiger partial charge in [-0.2, -0.15) is 13.1 Å². The van der Waals surface area contributed by atoms with E-state index < -0.39 is 45.8 Å². The number of aromatic nitrogens is 4. The second-order valence-electron chi connectivity index (χ2n) is 7.94. The summed E-state index contributed by atoms with van der Waals surface area (Å²) in [5.74, 6) is -1.72. The van der Waals surface area contributed by atoms with E-state index in [4.69, 9.17) is 4.74 Å². The van der Waals surface area contributed by atoms with Crippen LogP contribution in [0.5, 0.6) is 0 Å². The Balaban J connectivity index is 1.49. The van der Waals surface area contributed by atoms with Gasteiger partial charge in [-0.1, -0.05) is 6.07 Å². The standard InChI is InChI=1S/C20H22N6O7S2/c1-24-15(10-17(28)25(2)20(24)30)21-16(27)11-33-19(29)13-7-3-4-9-26(13)35(31,32)14-8-5-6-12-18(14)23-34-22-12/h5-6,8,10,13H,3-4,7,9,11H2,1-2H3,(H,21,27). The molecule has 2 aromatic heterocycles. The zero-order chi connectivity index (χ0) is 25.3. The highest BCUT2D eigenvalue weighted by Gasteiger charge is 2.39. The van der Waals surface area contributed by atoms with Gasteiger partial charge < -0.3 is 10.1 Å². The Kier molecular flexibility index (Phi) is 6.82. The predicted molar refractivity (Wildman–Crippen MR) is 125 cm³/mol. The number of carbonyl (C=O) groups is 2. The topological polar surface area (TPSA) is 163 Å². The molecule has 0 bridgehead atoms. The Morgan fingerprint density at radius 2 is 1.94 bits per heavy atom. The SMILES string of the molecule is Cn1c(NC(=O)COC(=O)C2CCCCN2S(=O)(=O)c2cccc3nsnc23)cc(=O)n(C)c1=O. The van der Waals surface area contributed by atoms with Crippen LogP contribution < -0.4 is 16.6 Å². The van der Waals surface area contributed by atoms with Crippen molar-refractivity contribution in [2.24, 2.45) is 14.1 Å². The van der Waals surface area contributed by atoms with Gasteiger partial charge in [-0.25, -0.2) is 13.2 Å². The van der Waals surface area contributed by atoms with E-state index in [0.717, 1.165) is 31.2 Å². The summed E-state index contributed by atoms with van der Waals surface area (Å²) in [6, 6.07) is 4.57. The molecule has 1 amide bonds. The van der Waals surface area contributed by atoms with Crippen molar-refractivity contribution in [3.8, 4) is 0 Å². The highest BCUT2D eigenvalue weighted by atomic mass is 32.2. The Hall–Kier alpha value is -3.43. The number of anilines is 1. The summed E-state index contributed by atoms with van der Waals surface area (Å²) < 4.78 is 43.1. The normalized spacial score (nSPS) is 16.8. The molecule has 1 aliphatic heterocycles. The second-order valence-corrected chi connectivity index (χ2v) is 10.3. The highest BCUT2D eigenvalue weighted by Crippen LogP contribution is 2.29. The molecule has 1 aromatic carbocycles. The second kappa shape index (κ2) is 9.67. The molecule has 1 saturated heterocycles. The van der Waals surface area contributed by atoms with Crippen molar-refractivity contribution in [2.45, 2.75) is 30.2 Å². The van der Waals surface area contributed by atoms with Crippen LogP contribution in [0.3, 0.4) is 0 Å². The van der Waals surface area contributed by atoms with E-state index in [-0.39, 0.29) is 29.2 Å². The minimum atomic E-state index is -4.10. The number of fused-ring (bicyclic) bond motifs is 1. The van der Waals surface area contributed by atoms with Gasteiger partial charge in [0.15, 0.2) is 6.61 Å². The molecular weight excluding hydrogens is 500 g/mol. The molecular formula is C20H22N6O7S2. The number of rotatable bonds is 6. The summed E-state index contributed by atoms with van der Waals surface area (Å²) in [7, 11) is -1.43. The van der Waals surface area contributed by atoms with Crippen LogP contribution in [0.1, 0.15) is 19.3 Å². The lowest BCUT2D eigenvalue weighted by Gasteiger charge is -2.32. The van der Waals surface area contributed by atoms with Crippen LogP contribution in [0.2, 0.25) is 0 Å². The van der Waals surface area contributed by atoms with Crippen molar-refractivity contribution < 1.29 is 22.7 Å². The fourth-order valence-corrected chi connectivity index (χ4v) is 6.21. The zero-order valence-corrected chi connectivity index (χ0v) is 20.5. The van der Waals surface area contributed by atoms with Gasteiger partial charge in [-0.15, -0.1) is 0 Å². The average Bonchev–Trinajstić information content (AvgIpc) is 3.33. The first kappa shape index (κ1) is 24.7. The van der Waals surface area contributed by atoms with Crippen molar-refractivity contribution in [1.82, 2.24) is 22.2 Å². The number of nitrogens with zero attached hydrogens (tertiary/aromatic N) is 5.